The van der Waals surface area contributed by atoms with Gasteiger partial charge in [-0.05, 0) is 50.7 Å². The van der Waals surface area contributed by atoms with Gasteiger partial charge in [-0.2, -0.15) is 0 Å². The first-order valence-electron chi connectivity index (χ1n) is 9.13. The lowest BCUT2D eigenvalue weighted by Crippen LogP contribution is -2.33. The van der Waals surface area contributed by atoms with E-state index in [1.54, 1.807) is 0 Å². The molecule has 120 valence electrons. The molecule has 0 spiro atoms. The molecular weight excluding hydrogens is 268 g/mol. The Morgan fingerprint density at radius 3 is 2.82 bits per heavy atom. The summed E-state index contributed by atoms with van der Waals surface area (Å²) in [5, 5.41) is 0. The van der Waals surface area contributed by atoms with Crippen LogP contribution < -0.4 is 4.90 Å². The van der Waals surface area contributed by atoms with Crippen molar-refractivity contribution in [3.63, 3.8) is 0 Å². The molecule has 0 N–H and O–H groups in total. The van der Waals surface area contributed by atoms with Crippen LogP contribution in [0.1, 0.15) is 63.9 Å². The molecule has 3 rings (SSSR count). The molecule has 0 saturated heterocycles. The fourth-order valence-electron chi connectivity index (χ4n) is 4.00. The monoisotopic (exact) mass is 298 g/mol. The molecule has 2 heteroatoms. The Bertz CT molecular complexity index is 514. The third kappa shape index (κ3) is 3.53. The van der Waals surface area contributed by atoms with E-state index in [2.05, 4.69) is 43.3 Å². The average molecular weight is 298 g/mol. The maximum Gasteiger partial charge on any atom is 0.0678 e. The van der Waals surface area contributed by atoms with Gasteiger partial charge in [0.05, 0.1) is 5.69 Å². The highest BCUT2D eigenvalue weighted by molar-refractivity contribution is 5.71. The summed E-state index contributed by atoms with van der Waals surface area (Å²) >= 11 is 0. The van der Waals surface area contributed by atoms with Gasteiger partial charge < -0.3 is 4.90 Å². The van der Waals surface area contributed by atoms with Gasteiger partial charge in [0.25, 0.3) is 0 Å². The molecule has 1 aromatic carbocycles. The Morgan fingerprint density at radius 2 is 2.00 bits per heavy atom. The van der Waals surface area contributed by atoms with Crippen LogP contribution in [0.4, 0.5) is 11.4 Å². The molecule has 0 radical (unpaired) electrons. The molecule has 0 aromatic heterocycles. The third-order valence-electron chi connectivity index (χ3n) is 5.64. The minimum absolute atomic E-state index is 0.637. The SMILES string of the molecule is CC1CCc2c(N=CCCC3CCCCC3)cccc2N1C. The molecule has 0 amide bonds. The van der Waals surface area contributed by atoms with Crippen LogP contribution in [0, 0.1) is 5.92 Å². The third-order valence-corrected chi connectivity index (χ3v) is 5.64. The Morgan fingerprint density at radius 1 is 1.18 bits per heavy atom. The van der Waals surface area contributed by atoms with Crippen LogP contribution in [0.3, 0.4) is 0 Å². The fourth-order valence-corrected chi connectivity index (χ4v) is 4.00. The zero-order valence-electron chi connectivity index (χ0n) is 14.2. The van der Waals surface area contributed by atoms with Gasteiger partial charge in [0.15, 0.2) is 0 Å². The molecule has 1 saturated carbocycles. The van der Waals surface area contributed by atoms with E-state index in [1.165, 1.54) is 61.9 Å². The molecule has 2 nitrogen and oxygen atoms in total. The minimum atomic E-state index is 0.637. The van der Waals surface area contributed by atoms with Gasteiger partial charge in [-0.15, -0.1) is 0 Å². The van der Waals surface area contributed by atoms with Crippen molar-refractivity contribution >= 4 is 17.6 Å². The Kier molecular flexibility index (Phi) is 5.17. The predicted octanol–water partition coefficient (Wildman–Crippen LogP) is 5.52. The van der Waals surface area contributed by atoms with Gasteiger partial charge in [-0.25, -0.2) is 0 Å². The largest absolute Gasteiger partial charge is 0.372 e. The first-order valence-corrected chi connectivity index (χ1v) is 9.13. The number of anilines is 1. The zero-order chi connectivity index (χ0) is 15.4. The highest BCUT2D eigenvalue weighted by atomic mass is 15.1. The summed E-state index contributed by atoms with van der Waals surface area (Å²) in [6.45, 7) is 2.31. The van der Waals surface area contributed by atoms with E-state index in [1.807, 2.05) is 0 Å². The molecule has 1 unspecified atom stereocenters. The Balaban J connectivity index is 1.61. The van der Waals surface area contributed by atoms with Gasteiger partial charge in [0.2, 0.25) is 0 Å². The van der Waals surface area contributed by atoms with Crippen LogP contribution in [-0.2, 0) is 6.42 Å². The highest BCUT2D eigenvalue weighted by Gasteiger charge is 2.21. The van der Waals surface area contributed by atoms with Crippen LogP contribution in [0.5, 0.6) is 0 Å². The minimum Gasteiger partial charge on any atom is -0.372 e. The Labute approximate surface area is 135 Å². The number of rotatable bonds is 4. The van der Waals surface area contributed by atoms with E-state index in [4.69, 9.17) is 4.99 Å². The second kappa shape index (κ2) is 7.30. The van der Waals surface area contributed by atoms with E-state index in [9.17, 15) is 0 Å². The number of aliphatic imine (C=N–C) groups is 1. The molecule has 1 aliphatic carbocycles. The second-order valence-corrected chi connectivity index (χ2v) is 7.17. The van der Waals surface area contributed by atoms with Crippen LogP contribution in [0.25, 0.3) is 0 Å². The predicted molar refractivity (Wildman–Crippen MR) is 96.6 cm³/mol. The van der Waals surface area contributed by atoms with Gasteiger partial charge in [-0.1, -0.05) is 38.2 Å². The van der Waals surface area contributed by atoms with Crippen molar-refractivity contribution in [3.8, 4) is 0 Å². The zero-order valence-corrected chi connectivity index (χ0v) is 14.2. The molecular formula is C20H30N2. The summed E-state index contributed by atoms with van der Waals surface area (Å²) in [4.78, 5) is 7.21. The molecule has 22 heavy (non-hydrogen) atoms. The average Bonchev–Trinajstić information content (AvgIpc) is 2.56. The first-order chi connectivity index (χ1) is 10.8. The van der Waals surface area contributed by atoms with E-state index >= 15 is 0 Å². The van der Waals surface area contributed by atoms with E-state index in [0.717, 1.165) is 18.8 Å². The van der Waals surface area contributed by atoms with Crippen LogP contribution >= 0.6 is 0 Å². The standard InChI is InChI=1S/C20H30N2/c1-16-13-14-18-19(11-6-12-20(18)22(16)2)21-15-7-10-17-8-4-3-5-9-17/h6,11-12,15-17H,3-5,7-10,13-14H2,1-2H3. The summed E-state index contributed by atoms with van der Waals surface area (Å²) in [7, 11) is 2.21. The van der Waals surface area contributed by atoms with Gasteiger partial charge >= 0.3 is 0 Å². The van der Waals surface area contributed by atoms with Crippen molar-refractivity contribution in [2.75, 3.05) is 11.9 Å². The van der Waals surface area contributed by atoms with Crippen molar-refractivity contribution < 1.29 is 0 Å². The van der Waals surface area contributed by atoms with Crippen molar-refractivity contribution in [2.45, 2.75) is 70.8 Å². The van der Waals surface area contributed by atoms with Gasteiger partial charge in [0.1, 0.15) is 0 Å². The lowest BCUT2D eigenvalue weighted by molar-refractivity contribution is 0.344. The first kappa shape index (κ1) is 15.6. The summed E-state index contributed by atoms with van der Waals surface area (Å²) in [5.74, 6) is 0.955. The lowest BCUT2D eigenvalue weighted by Gasteiger charge is -2.34. The molecule has 1 fully saturated rings. The maximum absolute atomic E-state index is 4.81. The van der Waals surface area contributed by atoms with Crippen LogP contribution in [-0.4, -0.2) is 19.3 Å². The Hall–Kier alpha value is -1.31. The van der Waals surface area contributed by atoms with Crippen molar-refractivity contribution in [2.24, 2.45) is 10.9 Å². The molecule has 2 aliphatic rings. The summed E-state index contributed by atoms with van der Waals surface area (Å²) in [5.41, 5.74) is 4.01. The molecule has 1 aromatic rings. The second-order valence-electron chi connectivity index (χ2n) is 7.17. The number of hydrogen-bond donors (Lipinski definition) is 0. The summed E-state index contributed by atoms with van der Waals surface area (Å²) in [6.07, 6.45) is 14.3. The quantitative estimate of drug-likeness (QED) is 0.668. The number of nitrogens with zero attached hydrogens (tertiary/aromatic N) is 2. The van der Waals surface area contributed by atoms with Crippen molar-refractivity contribution in [1.82, 2.24) is 0 Å². The maximum atomic E-state index is 4.81. The smallest absolute Gasteiger partial charge is 0.0678 e. The van der Waals surface area contributed by atoms with Gasteiger partial charge in [-0.3, -0.25) is 4.99 Å². The molecule has 1 atom stereocenters. The van der Waals surface area contributed by atoms with Gasteiger partial charge in [0, 0.05) is 30.6 Å². The van der Waals surface area contributed by atoms with Crippen molar-refractivity contribution in [3.05, 3.63) is 23.8 Å². The molecule has 1 heterocycles. The number of benzene rings is 1. The lowest BCUT2D eigenvalue weighted by atomic mass is 9.86. The fraction of sp³-hybridized carbons (Fsp3) is 0.650. The summed E-state index contributed by atoms with van der Waals surface area (Å²) < 4.78 is 0. The van der Waals surface area contributed by atoms with E-state index in [-0.39, 0.29) is 0 Å². The van der Waals surface area contributed by atoms with Crippen LogP contribution in [0.15, 0.2) is 23.2 Å². The van der Waals surface area contributed by atoms with E-state index < -0.39 is 0 Å². The normalized spacial score (nSPS) is 23.0. The van der Waals surface area contributed by atoms with E-state index in [0.29, 0.717) is 6.04 Å². The number of fused-ring (bicyclic) bond motifs is 1. The topological polar surface area (TPSA) is 15.6 Å². The summed E-state index contributed by atoms with van der Waals surface area (Å²) in [6, 6.07) is 7.21. The molecule has 0 bridgehead atoms. The molecule has 1 aliphatic heterocycles. The van der Waals surface area contributed by atoms with Crippen molar-refractivity contribution in [1.29, 1.82) is 0 Å². The highest BCUT2D eigenvalue weighted by Crippen LogP contribution is 2.35. The number of hydrogen-bond acceptors (Lipinski definition) is 2. The van der Waals surface area contributed by atoms with Crippen LogP contribution in [0.2, 0.25) is 0 Å².